The lowest BCUT2D eigenvalue weighted by atomic mass is 10.2. The first-order chi connectivity index (χ1) is 17.8. The summed E-state index contributed by atoms with van der Waals surface area (Å²) < 4.78 is 26.8. The summed E-state index contributed by atoms with van der Waals surface area (Å²) in [4.78, 5) is 50.4. The quantitative estimate of drug-likeness (QED) is 0.359. The number of halogens is 1. The molecule has 0 aromatic heterocycles. The molecule has 0 bridgehead atoms. The van der Waals surface area contributed by atoms with Gasteiger partial charge in [-0.2, -0.15) is 0 Å². The molecule has 0 aliphatic carbocycles. The largest absolute Gasteiger partial charge is 0.493 e. The van der Waals surface area contributed by atoms with E-state index in [-0.39, 0.29) is 17.3 Å². The highest BCUT2D eigenvalue weighted by atomic mass is 79.9. The monoisotopic (exact) mass is 592 g/mol. The molecule has 0 spiro atoms. The maximum absolute atomic E-state index is 12.9. The van der Waals surface area contributed by atoms with E-state index in [0.717, 1.165) is 4.90 Å². The molecule has 13 heteroatoms. The molecule has 37 heavy (non-hydrogen) atoms. The van der Waals surface area contributed by atoms with Gasteiger partial charge in [0.25, 0.3) is 11.1 Å². The Hall–Kier alpha value is -3.71. The second kappa shape index (κ2) is 11.6. The molecule has 1 fully saturated rings. The number of carbonyl (C=O) groups excluding carboxylic acids is 4. The minimum Gasteiger partial charge on any atom is -0.493 e. The zero-order chi connectivity index (χ0) is 26.5. The van der Waals surface area contributed by atoms with Gasteiger partial charge in [-0.25, -0.2) is 4.79 Å². The predicted octanol–water partition coefficient (Wildman–Crippen LogP) is 3.46. The zero-order valence-electron chi connectivity index (χ0n) is 19.7. The lowest BCUT2D eigenvalue weighted by molar-refractivity contribution is -0.143. The van der Waals surface area contributed by atoms with Gasteiger partial charge >= 0.3 is 5.97 Å². The highest BCUT2D eigenvalue weighted by Gasteiger charge is 2.36. The predicted molar refractivity (Wildman–Crippen MR) is 137 cm³/mol. The fourth-order valence-electron chi connectivity index (χ4n) is 3.37. The van der Waals surface area contributed by atoms with Gasteiger partial charge in [0.05, 0.1) is 19.1 Å². The van der Waals surface area contributed by atoms with Crippen LogP contribution in [0.2, 0.25) is 0 Å². The number of imide groups is 1. The summed E-state index contributed by atoms with van der Waals surface area (Å²) in [5.74, 6) is -0.0578. The maximum Gasteiger partial charge on any atom is 0.343 e. The number of fused-ring (bicyclic) bond motifs is 1. The summed E-state index contributed by atoms with van der Waals surface area (Å²) in [6.45, 7) is 0.0773. The maximum atomic E-state index is 12.9. The molecule has 0 atom stereocenters. The third kappa shape index (κ3) is 6.17. The first-order valence-electron chi connectivity index (χ1n) is 10.8. The minimum absolute atomic E-state index is 0.128. The summed E-state index contributed by atoms with van der Waals surface area (Å²) in [6, 6.07) is 8.08. The summed E-state index contributed by atoms with van der Waals surface area (Å²) in [5, 5.41) is 2.08. The van der Waals surface area contributed by atoms with E-state index in [1.165, 1.54) is 20.3 Å². The van der Waals surface area contributed by atoms with Gasteiger partial charge in [0.2, 0.25) is 5.91 Å². The molecular weight excluding hydrogens is 572 g/mol. The fourth-order valence-corrected chi connectivity index (χ4v) is 4.64. The van der Waals surface area contributed by atoms with Crippen LogP contribution in [0.3, 0.4) is 0 Å². The first kappa shape index (κ1) is 26.4. The first-order valence-corrected chi connectivity index (χ1v) is 12.4. The Kier molecular flexibility index (Phi) is 8.24. The topological polar surface area (TPSA) is 130 Å². The lowest BCUT2D eigenvalue weighted by Gasteiger charge is -2.19. The average Bonchev–Trinajstić information content (AvgIpc) is 3.15. The number of ether oxygens (including phenoxy) is 5. The van der Waals surface area contributed by atoms with E-state index in [0.29, 0.717) is 57.9 Å². The SMILES string of the molecule is COC(=O)COc1cc(Br)c(/C=C2/SC(=O)N(CC(=O)Nc3ccc4c(c3)OCCO4)C2=O)cc1OC. The Bertz CT molecular complexity index is 1300. The highest BCUT2D eigenvalue weighted by Crippen LogP contribution is 2.38. The molecule has 0 unspecified atom stereocenters. The van der Waals surface area contributed by atoms with Crippen molar-refractivity contribution in [3.05, 3.63) is 45.3 Å². The molecule has 2 aliphatic rings. The molecule has 2 aliphatic heterocycles. The Morgan fingerprint density at radius 2 is 1.86 bits per heavy atom. The van der Waals surface area contributed by atoms with Crippen LogP contribution in [0.25, 0.3) is 6.08 Å². The van der Waals surface area contributed by atoms with Crippen molar-refractivity contribution in [2.24, 2.45) is 0 Å². The fraction of sp³-hybridized carbons (Fsp3) is 0.250. The molecule has 0 saturated carbocycles. The van der Waals surface area contributed by atoms with E-state index in [2.05, 4.69) is 26.0 Å². The van der Waals surface area contributed by atoms with Crippen LogP contribution in [0, 0.1) is 0 Å². The molecular formula is C24H21BrN2O9S. The number of hydrogen-bond donors (Lipinski definition) is 1. The Labute approximate surface area is 224 Å². The molecule has 3 amide bonds. The van der Waals surface area contributed by atoms with Crippen LogP contribution in [-0.2, 0) is 19.1 Å². The number of thioether (sulfide) groups is 1. The van der Waals surface area contributed by atoms with E-state index < -0.39 is 29.6 Å². The summed E-state index contributed by atoms with van der Waals surface area (Å²) >= 11 is 4.11. The Morgan fingerprint density at radius 3 is 2.59 bits per heavy atom. The van der Waals surface area contributed by atoms with Crippen LogP contribution >= 0.6 is 27.7 Å². The Balaban J connectivity index is 1.45. The zero-order valence-corrected chi connectivity index (χ0v) is 22.1. The van der Waals surface area contributed by atoms with Crippen molar-refractivity contribution in [1.29, 1.82) is 0 Å². The minimum atomic E-state index is -0.607. The molecule has 1 saturated heterocycles. The van der Waals surface area contributed by atoms with E-state index in [4.69, 9.17) is 18.9 Å². The average molecular weight is 593 g/mol. The number of nitrogens with one attached hydrogen (secondary N) is 1. The molecule has 11 nitrogen and oxygen atoms in total. The van der Waals surface area contributed by atoms with Gasteiger partial charge in [0.15, 0.2) is 29.6 Å². The molecule has 2 heterocycles. The van der Waals surface area contributed by atoms with Crippen LogP contribution in [-0.4, -0.2) is 68.5 Å². The summed E-state index contributed by atoms with van der Waals surface area (Å²) in [7, 11) is 2.67. The van der Waals surface area contributed by atoms with E-state index in [1.54, 1.807) is 30.3 Å². The van der Waals surface area contributed by atoms with Gasteiger partial charge in [-0.15, -0.1) is 0 Å². The van der Waals surface area contributed by atoms with E-state index in [1.807, 2.05) is 0 Å². The number of anilines is 1. The molecule has 4 rings (SSSR count). The number of nitrogens with zero attached hydrogens (tertiary/aromatic N) is 1. The van der Waals surface area contributed by atoms with Crippen molar-refractivity contribution in [3.63, 3.8) is 0 Å². The lowest BCUT2D eigenvalue weighted by Crippen LogP contribution is -2.36. The number of hydrogen-bond acceptors (Lipinski definition) is 10. The smallest absolute Gasteiger partial charge is 0.343 e. The standard InChI is InChI=1S/C24H21BrN2O9S/c1-32-17-7-13(15(25)10-19(17)36-12-22(29)33-2)8-20-23(30)27(24(31)37-20)11-21(28)26-14-3-4-16-18(9-14)35-6-5-34-16/h3-4,7-10H,5-6,11-12H2,1-2H3,(H,26,28)/b20-8+. The number of rotatable bonds is 8. The normalized spacial score (nSPS) is 15.5. The van der Waals surface area contributed by atoms with E-state index >= 15 is 0 Å². The van der Waals surface area contributed by atoms with Crippen LogP contribution in [0.15, 0.2) is 39.7 Å². The van der Waals surface area contributed by atoms with Crippen molar-refractivity contribution in [2.45, 2.75) is 0 Å². The van der Waals surface area contributed by atoms with E-state index in [9.17, 15) is 19.2 Å². The summed E-state index contributed by atoms with van der Waals surface area (Å²) in [5.41, 5.74) is 0.968. The second-order valence-corrected chi connectivity index (χ2v) is 9.41. The third-order valence-electron chi connectivity index (χ3n) is 5.14. The van der Waals surface area contributed by atoms with Gasteiger partial charge in [-0.05, 0) is 47.7 Å². The number of methoxy groups -OCH3 is 2. The van der Waals surface area contributed by atoms with Crippen molar-refractivity contribution >= 4 is 62.5 Å². The number of amides is 3. The van der Waals surface area contributed by atoms with Gasteiger partial charge in [-0.3, -0.25) is 19.3 Å². The second-order valence-electron chi connectivity index (χ2n) is 7.56. The number of carbonyl (C=O) groups is 4. The summed E-state index contributed by atoms with van der Waals surface area (Å²) in [6.07, 6.45) is 1.50. The van der Waals surface area contributed by atoms with Crippen molar-refractivity contribution in [2.75, 3.05) is 45.9 Å². The molecule has 2 aromatic carbocycles. The molecule has 0 radical (unpaired) electrons. The van der Waals surface area contributed by atoms with Crippen molar-refractivity contribution < 1.29 is 42.9 Å². The number of esters is 1. The van der Waals surface area contributed by atoms with Gasteiger partial charge < -0.3 is 29.0 Å². The third-order valence-corrected chi connectivity index (χ3v) is 6.74. The van der Waals surface area contributed by atoms with Crippen LogP contribution in [0.5, 0.6) is 23.0 Å². The Morgan fingerprint density at radius 1 is 1.11 bits per heavy atom. The van der Waals surface area contributed by atoms with Crippen molar-refractivity contribution in [3.8, 4) is 23.0 Å². The number of benzene rings is 2. The highest BCUT2D eigenvalue weighted by molar-refractivity contribution is 9.10. The molecule has 2 aromatic rings. The van der Waals surface area contributed by atoms with Crippen LogP contribution < -0.4 is 24.3 Å². The van der Waals surface area contributed by atoms with Gasteiger partial charge in [0, 0.05) is 16.2 Å². The van der Waals surface area contributed by atoms with Gasteiger partial charge in [-0.1, -0.05) is 15.9 Å². The molecule has 1 N–H and O–H groups in total. The molecule has 194 valence electrons. The van der Waals surface area contributed by atoms with Crippen LogP contribution in [0.4, 0.5) is 10.5 Å². The van der Waals surface area contributed by atoms with Crippen molar-refractivity contribution in [1.82, 2.24) is 4.90 Å². The van der Waals surface area contributed by atoms with Crippen LogP contribution in [0.1, 0.15) is 5.56 Å². The van der Waals surface area contributed by atoms with Gasteiger partial charge in [0.1, 0.15) is 19.8 Å².